The van der Waals surface area contributed by atoms with Crippen LogP contribution in [0.15, 0.2) is 0 Å². The highest BCUT2D eigenvalue weighted by molar-refractivity contribution is 5.81. The van der Waals surface area contributed by atoms with Gasteiger partial charge in [0.25, 0.3) is 0 Å². The molecular formula is C12H25N3O. The molecule has 4 nitrogen and oxygen atoms in total. The van der Waals surface area contributed by atoms with Crippen molar-refractivity contribution in [3.63, 3.8) is 0 Å². The number of carbonyl (C=O) groups is 1. The fourth-order valence-corrected chi connectivity index (χ4v) is 1.21. The van der Waals surface area contributed by atoms with E-state index in [2.05, 4.69) is 43.5 Å². The van der Waals surface area contributed by atoms with Gasteiger partial charge in [0.05, 0.1) is 6.04 Å². The molecule has 0 aliphatic heterocycles. The van der Waals surface area contributed by atoms with E-state index in [0.717, 1.165) is 19.4 Å². The standard InChI is InChI=1S/C12H25N3O/c1-9(11(16)14-10-6-7-10)13-8-12(2,3)15(4)5/h9-10,13H,6-8H2,1-5H3,(H,14,16). The molecule has 1 fully saturated rings. The average Bonchev–Trinajstić information content (AvgIpc) is 2.97. The van der Waals surface area contributed by atoms with Gasteiger partial charge in [-0.1, -0.05) is 0 Å². The van der Waals surface area contributed by atoms with Crippen LogP contribution in [0, 0.1) is 0 Å². The molecular weight excluding hydrogens is 202 g/mol. The summed E-state index contributed by atoms with van der Waals surface area (Å²) in [5.41, 5.74) is 0.0636. The fraction of sp³-hybridized carbons (Fsp3) is 0.917. The van der Waals surface area contributed by atoms with Gasteiger partial charge in [0.1, 0.15) is 0 Å². The highest BCUT2D eigenvalue weighted by Crippen LogP contribution is 2.18. The Morgan fingerprint density at radius 3 is 2.44 bits per heavy atom. The zero-order valence-corrected chi connectivity index (χ0v) is 11.1. The SMILES string of the molecule is CC(NCC(C)(C)N(C)C)C(=O)NC1CC1. The van der Waals surface area contributed by atoms with Crippen LogP contribution >= 0.6 is 0 Å². The van der Waals surface area contributed by atoms with E-state index < -0.39 is 0 Å². The number of amides is 1. The van der Waals surface area contributed by atoms with Crippen LogP contribution in [0.3, 0.4) is 0 Å². The molecule has 4 heteroatoms. The second-order valence-corrected chi connectivity index (χ2v) is 5.59. The molecule has 0 radical (unpaired) electrons. The third kappa shape index (κ3) is 4.10. The average molecular weight is 227 g/mol. The van der Waals surface area contributed by atoms with Crippen molar-refractivity contribution in [2.75, 3.05) is 20.6 Å². The van der Waals surface area contributed by atoms with Crippen LogP contribution in [-0.2, 0) is 4.79 Å². The Kier molecular flexibility index (Phi) is 4.33. The summed E-state index contributed by atoms with van der Waals surface area (Å²) in [6, 6.07) is 0.332. The second kappa shape index (κ2) is 5.15. The van der Waals surface area contributed by atoms with E-state index in [4.69, 9.17) is 0 Å². The maximum Gasteiger partial charge on any atom is 0.237 e. The van der Waals surface area contributed by atoms with Gasteiger partial charge in [0.2, 0.25) is 5.91 Å². The molecule has 2 N–H and O–H groups in total. The van der Waals surface area contributed by atoms with Gasteiger partial charge in [-0.05, 0) is 47.7 Å². The van der Waals surface area contributed by atoms with Gasteiger partial charge in [-0.2, -0.15) is 0 Å². The number of likely N-dealkylation sites (N-methyl/N-ethyl adjacent to an activating group) is 1. The number of hydrogen-bond donors (Lipinski definition) is 2. The Balaban J connectivity index is 2.27. The van der Waals surface area contributed by atoms with E-state index in [9.17, 15) is 4.79 Å². The molecule has 0 aromatic carbocycles. The summed E-state index contributed by atoms with van der Waals surface area (Å²) < 4.78 is 0. The molecule has 94 valence electrons. The van der Waals surface area contributed by atoms with Crippen molar-refractivity contribution in [2.45, 2.75) is 51.2 Å². The molecule has 1 aliphatic carbocycles. The number of rotatable bonds is 6. The first kappa shape index (κ1) is 13.5. The summed E-state index contributed by atoms with van der Waals surface area (Å²) in [6.07, 6.45) is 2.28. The highest BCUT2D eigenvalue weighted by Gasteiger charge is 2.27. The normalized spacial score (nSPS) is 18.6. The van der Waals surface area contributed by atoms with Crippen LogP contribution in [0.25, 0.3) is 0 Å². The summed E-state index contributed by atoms with van der Waals surface area (Å²) in [7, 11) is 4.10. The Morgan fingerprint density at radius 2 is 2.00 bits per heavy atom. The molecule has 1 atom stereocenters. The van der Waals surface area contributed by atoms with Gasteiger partial charge >= 0.3 is 0 Å². The van der Waals surface area contributed by atoms with E-state index in [1.807, 2.05) is 6.92 Å². The molecule has 0 bridgehead atoms. The molecule has 1 saturated carbocycles. The minimum absolute atomic E-state index is 0.0636. The van der Waals surface area contributed by atoms with Crippen LogP contribution in [-0.4, -0.2) is 49.1 Å². The van der Waals surface area contributed by atoms with E-state index >= 15 is 0 Å². The lowest BCUT2D eigenvalue weighted by molar-refractivity contribution is -0.123. The molecule has 0 spiro atoms. The lowest BCUT2D eigenvalue weighted by Crippen LogP contribution is -2.52. The molecule has 0 aromatic heterocycles. The zero-order chi connectivity index (χ0) is 12.3. The Morgan fingerprint density at radius 1 is 1.44 bits per heavy atom. The minimum Gasteiger partial charge on any atom is -0.352 e. The van der Waals surface area contributed by atoms with Crippen LogP contribution < -0.4 is 10.6 Å². The van der Waals surface area contributed by atoms with Crippen LogP contribution in [0.1, 0.15) is 33.6 Å². The monoisotopic (exact) mass is 227 g/mol. The zero-order valence-electron chi connectivity index (χ0n) is 11.1. The predicted octanol–water partition coefficient (Wildman–Crippen LogP) is 0.583. The largest absolute Gasteiger partial charge is 0.352 e. The highest BCUT2D eigenvalue weighted by atomic mass is 16.2. The van der Waals surface area contributed by atoms with Crippen LogP contribution in [0.4, 0.5) is 0 Å². The van der Waals surface area contributed by atoms with Crippen LogP contribution in [0.2, 0.25) is 0 Å². The van der Waals surface area contributed by atoms with E-state index in [1.165, 1.54) is 0 Å². The smallest absolute Gasteiger partial charge is 0.237 e. The summed E-state index contributed by atoms with van der Waals surface area (Å²) in [5, 5.41) is 6.29. The molecule has 0 heterocycles. The van der Waals surface area contributed by atoms with Crippen molar-refractivity contribution in [1.29, 1.82) is 0 Å². The first-order valence-electron chi connectivity index (χ1n) is 6.04. The van der Waals surface area contributed by atoms with Crippen molar-refractivity contribution in [3.05, 3.63) is 0 Å². The first-order valence-corrected chi connectivity index (χ1v) is 6.04. The molecule has 16 heavy (non-hydrogen) atoms. The summed E-state index contributed by atoms with van der Waals surface area (Å²) in [5.74, 6) is 0.122. The van der Waals surface area contributed by atoms with Crippen LogP contribution in [0.5, 0.6) is 0 Å². The molecule has 1 aliphatic rings. The lowest BCUT2D eigenvalue weighted by atomic mass is 10.0. The first-order chi connectivity index (χ1) is 7.33. The van der Waals surface area contributed by atoms with Crippen molar-refractivity contribution < 1.29 is 4.79 Å². The Hall–Kier alpha value is -0.610. The van der Waals surface area contributed by atoms with Crippen molar-refractivity contribution in [1.82, 2.24) is 15.5 Å². The molecule has 1 unspecified atom stereocenters. The predicted molar refractivity (Wildman–Crippen MR) is 66.4 cm³/mol. The minimum atomic E-state index is -0.111. The van der Waals surface area contributed by atoms with Gasteiger partial charge in [-0.25, -0.2) is 0 Å². The van der Waals surface area contributed by atoms with Gasteiger partial charge < -0.3 is 15.5 Å². The van der Waals surface area contributed by atoms with Crippen molar-refractivity contribution in [3.8, 4) is 0 Å². The maximum atomic E-state index is 11.7. The fourth-order valence-electron chi connectivity index (χ4n) is 1.21. The van der Waals surface area contributed by atoms with Crippen molar-refractivity contribution >= 4 is 5.91 Å². The Labute approximate surface area is 98.8 Å². The number of hydrogen-bond acceptors (Lipinski definition) is 3. The molecule has 0 saturated heterocycles. The van der Waals surface area contributed by atoms with E-state index in [1.54, 1.807) is 0 Å². The summed E-state index contributed by atoms with van der Waals surface area (Å²) in [6.45, 7) is 7.04. The maximum absolute atomic E-state index is 11.7. The quantitative estimate of drug-likeness (QED) is 0.698. The third-order valence-electron chi connectivity index (χ3n) is 3.37. The van der Waals surface area contributed by atoms with Gasteiger partial charge in [-0.3, -0.25) is 4.79 Å². The number of nitrogens with zero attached hydrogens (tertiary/aromatic N) is 1. The Bertz CT molecular complexity index is 247. The van der Waals surface area contributed by atoms with Gasteiger partial charge in [0.15, 0.2) is 0 Å². The van der Waals surface area contributed by atoms with E-state index in [0.29, 0.717) is 6.04 Å². The molecule has 1 amide bonds. The summed E-state index contributed by atoms with van der Waals surface area (Å²) >= 11 is 0. The summed E-state index contributed by atoms with van der Waals surface area (Å²) in [4.78, 5) is 13.9. The van der Waals surface area contributed by atoms with Crippen molar-refractivity contribution in [2.24, 2.45) is 0 Å². The van der Waals surface area contributed by atoms with Gasteiger partial charge in [-0.15, -0.1) is 0 Å². The third-order valence-corrected chi connectivity index (χ3v) is 3.37. The lowest BCUT2D eigenvalue weighted by Gasteiger charge is -2.33. The topological polar surface area (TPSA) is 44.4 Å². The van der Waals surface area contributed by atoms with E-state index in [-0.39, 0.29) is 17.5 Å². The molecule has 1 rings (SSSR count). The number of nitrogens with one attached hydrogen (secondary N) is 2. The molecule has 0 aromatic rings. The number of carbonyl (C=O) groups excluding carboxylic acids is 1. The second-order valence-electron chi connectivity index (χ2n) is 5.59. The van der Waals surface area contributed by atoms with Gasteiger partial charge in [0, 0.05) is 18.1 Å².